The molecule has 128 valence electrons. The fourth-order valence-corrected chi connectivity index (χ4v) is 1.72. The number of aliphatic hydroxyl groups excluding tert-OH is 2. The Morgan fingerprint density at radius 2 is 1.91 bits per heavy atom. The van der Waals surface area contributed by atoms with Crippen LogP contribution in [-0.2, 0) is 4.74 Å². The third kappa shape index (κ3) is 5.57. The minimum Gasteiger partial charge on any atom is -0.444 e. The van der Waals surface area contributed by atoms with Gasteiger partial charge in [0.05, 0.1) is 5.56 Å². The Morgan fingerprint density at radius 1 is 1.30 bits per heavy atom. The highest BCUT2D eigenvalue weighted by Gasteiger charge is 2.25. The van der Waals surface area contributed by atoms with Crippen molar-refractivity contribution in [1.82, 2.24) is 5.32 Å². The van der Waals surface area contributed by atoms with Crippen molar-refractivity contribution in [2.24, 2.45) is 0 Å². The summed E-state index contributed by atoms with van der Waals surface area (Å²) in [5, 5.41) is 21.9. The van der Waals surface area contributed by atoms with Crippen LogP contribution < -0.4 is 5.32 Å². The van der Waals surface area contributed by atoms with Gasteiger partial charge in [0.2, 0.25) is 0 Å². The summed E-state index contributed by atoms with van der Waals surface area (Å²) in [7, 11) is 0. The molecule has 0 aromatic heterocycles. The van der Waals surface area contributed by atoms with Gasteiger partial charge in [0.25, 0.3) is 0 Å². The first-order valence-electron chi connectivity index (χ1n) is 6.82. The molecule has 0 aliphatic carbocycles. The molecule has 6 nitrogen and oxygen atoms in total. The molecule has 23 heavy (non-hydrogen) atoms. The van der Waals surface area contributed by atoms with Crippen LogP contribution in [0, 0.1) is 11.6 Å². The summed E-state index contributed by atoms with van der Waals surface area (Å²) in [6.45, 7) is 4.49. The molecule has 8 heteroatoms. The topological polar surface area (TPSA) is 95.9 Å². The van der Waals surface area contributed by atoms with Crippen LogP contribution in [0.15, 0.2) is 12.1 Å². The third-order valence-corrected chi connectivity index (χ3v) is 2.78. The molecule has 1 aromatic carbocycles. The van der Waals surface area contributed by atoms with Crippen molar-refractivity contribution in [3.63, 3.8) is 0 Å². The number of aldehydes is 1. The summed E-state index contributed by atoms with van der Waals surface area (Å²) < 4.78 is 32.1. The molecule has 0 aliphatic heterocycles. The number of alkyl carbamates (subject to hydrolysis) is 1. The van der Waals surface area contributed by atoms with Crippen LogP contribution in [0.25, 0.3) is 0 Å². The van der Waals surface area contributed by atoms with Crippen LogP contribution in [0.1, 0.15) is 42.8 Å². The summed E-state index contributed by atoms with van der Waals surface area (Å²) in [5.41, 5.74) is -1.76. The van der Waals surface area contributed by atoms with Crippen molar-refractivity contribution in [2.45, 2.75) is 38.6 Å². The monoisotopic (exact) mass is 331 g/mol. The van der Waals surface area contributed by atoms with E-state index in [9.17, 15) is 28.6 Å². The summed E-state index contributed by atoms with van der Waals surface area (Å²) in [6, 6.07) is 1.25. The molecule has 3 N–H and O–H groups in total. The highest BCUT2D eigenvalue weighted by molar-refractivity contribution is 5.75. The SMILES string of the molecule is CC(C)(C)OC(=O)NCC(O)C(O)c1cc(F)c(C=O)cc1F. The van der Waals surface area contributed by atoms with E-state index in [1.807, 2.05) is 0 Å². The zero-order valence-electron chi connectivity index (χ0n) is 13.0. The lowest BCUT2D eigenvalue weighted by Crippen LogP contribution is -2.39. The van der Waals surface area contributed by atoms with Gasteiger partial charge < -0.3 is 20.3 Å². The predicted molar refractivity (Wildman–Crippen MR) is 76.9 cm³/mol. The number of hydrogen-bond acceptors (Lipinski definition) is 5. The van der Waals surface area contributed by atoms with Crippen molar-refractivity contribution < 1.29 is 33.3 Å². The number of benzene rings is 1. The summed E-state index contributed by atoms with van der Waals surface area (Å²) in [5.74, 6) is -2.07. The summed E-state index contributed by atoms with van der Waals surface area (Å²) in [6.07, 6.45) is -4.08. The van der Waals surface area contributed by atoms with Crippen LogP contribution in [0.4, 0.5) is 13.6 Å². The molecule has 0 saturated heterocycles. The zero-order chi connectivity index (χ0) is 17.8. The van der Waals surface area contributed by atoms with E-state index in [0.717, 1.165) is 0 Å². The molecule has 2 unspecified atom stereocenters. The predicted octanol–water partition coefficient (Wildman–Crippen LogP) is 1.70. The molecule has 0 heterocycles. The highest BCUT2D eigenvalue weighted by Crippen LogP contribution is 2.23. The van der Waals surface area contributed by atoms with Crippen LogP contribution in [0.5, 0.6) is 0 Å². The van der Waals surface area contributed by atoms with Gasteiger partial charge in [0.15, 0.2) is 6.29 Å². The van der Waals surface area contributed by atoms with E-state index in [1.54, 1.807) is 20.8 Å². The Morgan fingerprint density at radius 3 is 2.43 bits per heavy atom. The van der Waals surface area contributed by atoms with Gasteiger partial charge in [0.1, 0.15) is 29.4 Å². The molecule has 2 atom stereocenters. The number of rotatable bonds is 5. The smallest absolute Gasteiger partial charge is 0.407 e. The lowest BCUT2D eigenvalue weighted by molar-refractivity contribution is 0.0111. The molecular weight excluding hydrogens is 312 g/mol. The molecule has 1 rings (SSSR count). The maximum atomic E-state index is 13.7. The molecule has 0 saturated carbocycles. The van der Waals surface area contributed by atoms with E-state index in [1.165, 1.54) is 0 Å². The van der Waals surface area contributed by atoms with Crippen LogP contribution in [0.3, 0.4) is 0 Å². The summed E-state index contributed by atoms with van der Waals surface area (Å²) >= 11 is 0. The van der Waals surface area contributed by atoms with E-state index in [4.69, 9.17) is 4.74 Å². The van der Waals surface area contributed by atoms with Gasteiger partial charge in [-0.15, -0.1) is 0 Å². The van der Waals surface area contributed by atoms with Crippen molar-refractivity contribution in [2.75, 3.05) is 6.54 Å². The van der Waals surface area contributed by atoms with Crippen molar-refractivity contribution in [3.05, 3.63) is 34.9 Å². The fraction of sp³-hybridized carbons (Fsp3) is 0.467. The number of carbonyl (C=O) groups excluding carboxylic acids is 2. The highest BCUT2D eigenvalue weighted by atomic mass is 19.1. The average molecular weight is 331 g/mol. The van der Waals surface area contributed by atoms with E-state index < -0.39 is 53.2 Å². The normalized spacial score (nSPS) is 14.0. The van der Waals surface area contributed by atoms with Crippen molar-refractivity contribution >= 4 is 12.4 Å². The Balaban J connectivity index is 2.74. The number of halogens is 2. The molecule has 0 fully saturated rings. The van der Waals surface area contributed by atoms with Crippen LogP contribution >= 0.6 is 0 Å². The number of aliphatic hydroxyl groups is 2. The van der Waals surface area contributed by atoms with E-state index in [-0.39, 0.29) is 6.29 Å². The van der Waals surface area contributed by atoms with Gasteiger partial charge >= 0.3 is 6.09 Å². The molecule has 1 aromatic rings. The largest absolute Gasteiger partial charge is 0.444 e. The minimum atomic E-state index is -1.79. The van der Waals surface area contributed by atoms with E-state index >= 15 is 0 Å². The van der Waals surface area contributed by atoms with Gasteiger partial charge in [-0.05, 0) is 32.9 Å². The molecular formula is C15H19F2NO5. The lowest BCUT2D eigenvalue weighted by atomic mass is 10.0. The lowest BCUT2D eigenvalue weighted by Gasteiger charge is -2.22. The fourth-order valence-electron chi connectivity index (χ4n) is 1.72. The van der Waals surface area contributed by atoms with Crippen LogP contribution in [0.2, 0.25) is 0 Å². The van der Waals surface area contributed by atoms with Crippen molar-refractivity contribution in [1.29, 1.82) is 0 Å². The van der Waals surface area contributed by atoms with Crippen molar-refractivity contribution in [3.8, 4) is 0 Å². The second-order valence-corrected chi connectivity index (χ2v) is 5.91. The van der Waals surface area contributed by atoms with Crippen LogP contribution in [-0.4, -0.2) is 40.8 Å². The maximum Gasteiger partial charge on any atom is 0.407 e. The van der Waals surface area contributed by atoms with Gasteiger partial charge in [-0.2, -0.15) is 0 Å². The third-order valence-electron chi connectivity index (χ3n) is 2.78. The second-order valence-electron chi connectivity index (χ2n) is 5.91. The van der Waals surface area contributed by atoms with Gasteiger partial charge in [0, 0.05) is 12.1 Å². The second kappa shape index (κ2) is 7.47. The quantitative estimate of drug-likeness (QED) is 0.714. The Kier molecular flexibility index (Phi) is 6.17. The average Bonchev–Trinajstić information content (AvgIpc) is 2.44. The first-order chi connectivity index (χ1) is 10.5. The van der Waals surface area contributed by atoms with Gasteiger partial charge in [-0.25, -0.2) is 13.6 Å². The minimum absolute atomic E-state index is 0.134. The Bertz CT molecular complexity index is 586. The molecule has 0 spiro atoms. The number of carbonyl (C=O) groups is 2. The molecule has 0 aliphatic rings. The van der Waals surface area contributed by atoms with E-state index in [2.05, 4.69) is 5.32 Å². The number of ether oxygens (including phenoxy) is 1. The number of amides is 1. The summed E-state index contributed by atoms with van der Waals surface area (Å²) in [4.78, 5) is 21.9. The molecule has 1 amide bonds. The zero-order valence-corrected chi connectivity index (χ0v) is 13.0. The number of nitrogens with one attached hydrogen (secondary N) is 1. The Labute approximate surface area is 132 Å². The first-order valence-corrected chi connectivity index (χ1v) is 6.82. The van der Waals surface area contributed by atoms with Gasteiger partial charge in [-0.3, -0.25) is 4.79 Å². The molecule has 0 bridgehead atoms. The standard InChI is InChI=1S/C15H19F2NO5/c1-15(2,3)23-14(22)18-6-12(20)13(21)9-5-10(16)8(7-19)4-11(9)17/h4-5,7,12-13,20-21H,6H2,1-3H3,(H,18,22). The molecule has 0 radical (unpaired) electrons. The van der Waals surface area contributed by atoms with E-state index in [0.29, 0.717) is 12.1 Å². The number of hydrogen-bond donors (Lipinski definition) is 3. The Hall–Kier alpha value is -2.06. The first kappa shape index (κ1) is 19.0. The maximum absolute atomic E-state index is 13.7. The van der Waals surface area contributed by atoms with Gasteiger partial charge in [-0.1, -0.05) is 0 Å².